The SMILES string of the molecule is C=CCn1c(=O)c(C)cn(COCCOC)c1=O. The van der Waals surface area contributed by atoms with Gasteiger partial charge in [-0.05, 0) is 6.92 Å². The highest BCUT2D eigenvalue weighted by Gasteiger charge is 2.07. The fraction of sp³-hybridized carbons (Fsp3) is 0.500. The zero-order valence-corrected chi connectivity index (χ0v) is 10.7. The van der Waals surface area contributed by atoms with Crippen LogP contribution in [-0.2, 0) is 22.7 Å². The molecule has 0 spiro atoms. The van der Waals surface area contributed by atoms with Crippen molar-refractivity contribution < 1.29 is 9.47 Å². The molecule has 1 aromatic heterocycles. The van der Waals surface area contributed by atoms with E-state index in [1.165, 1.54) is 16.8 Å². The number of rotatable bonds is 7. The summed E-state index contributed by atoms with van der Waals surface area (Å²) in [4.78, 5) is 23.7. The molecule has 0 radical (unpaired) electrons. The Hall–Kier alpha value is -1.66. The predicted octanol–water partition coefficient (Wildman–Crippen LogP) is 0.125. The Labute approximate surface area is 105 Å². The van der Waals surface area contributed by atoms with Crippen molar-refractivity contribution in [2.75, 3.05) is 20.3 Å². The minimum atomic E-state index is -0.400. The average molecular weight is 254 g/mol. The summed E-state index contributed by atoms with van der Waals surface area (Å²) in [5.41, 5.74) is -0.206. The zero-order valence-electron chi connectivity index (χ0n) is 10.7. The number of nitrogens with zero attached hydrogens (tertiary/aromatic N) is 2. The molecule has 0 aliphatic rings. The smallest absolute Gasteiger partial charge is 0.333 e. The molecule has 0 unspecified atom stereocenters. The molecule has 0 bridgehead atoms. The lowest BCUT2D eigenvalue weighted by Crippen LogP contribution is -2.40. The Morgan fingerprint density at radius 3 is 2.72 bits per heavy atom. The van der Waals surface area contributed by atoms with Gasteiger partial charge < -0.3 is 9.47 Å². The molecule has 18 heavy (non-hydrogen) atoms. The topological polar surface area (TPSA) is 62.5 Å². The first kappa shape index (κ1) is 14.4. The van der Waals surface area contributed by atoms with Gasteiger partial charge >= 0.3 is 5.69 Å². The molecule has 0 aromatic carbocycles. The van der Waals surface area contributed by atoms with E-state index in [2.05, 4.69) is 6.58 Å². The van der Waals surface area contributed by atoms with Gasteiger partial charge in [-0.3, -0.25) is 13.9 Å². The van der Waals surface area contributed by atoms with Crippen LogP contribution in [0, 0.1) is 6.92 Å². The van der Waals surface area contributed by atoms with E-state index in [9.17, 15) is 9.59 Å². The Morgan fingerprint density at radius 2 is 2.11 bits per heavy atom. The predicted molar refractivity (Wildman–Crippen MR) is 67.7 cm³/mol. The maximum atomic E-state index is 12.0. The first-order valence-corrected chi connectivity index (χ1v) is 5.60. The van der Waals surface area contributed by atoms with Crippen molar-refractivity contribution in [2.45, 2.75) is 20.2 Å². The van der Waals surface area contributed by atoms with Crippen molar-refractivity contribution in [3.05, 3.63) is 45.3 Å². The largest absolute Gasteiger partial charge is 0.382 e. The third-order valence-electron chi connectivity index (χ3n) is 2.38. The lowest BCUT2D eigenvalue weighted by atomic mass is 10.4. The molecule has 0 saturated heterocycles. The number of hydrogen-bond acceptors (Lipinski definition) is 4. The van der Waals surface area contributed by atoms with Crippen molar-refractivity contribution >= 4 is 0 Å². The number of aromatic nitrogens is 2. The van der Waals surface area contributed by atoms with Crippen LogP contribution in [0.25, 0.3) is 0 Å². The number of hydrogen-bond donors (Lipinski definition) is 0. The summed E-state index contributed by atoms with van der Waals surface area (Å²) in [5.74, 6) is 0. The van der Waals surface area contributed by atoms with Crippen LogP contribution in [0.3, 0.4) is 0 Å². The normalized spacial score (nSPS) is 10.6. The maximum absolute atomic E-state index is 12.0. The quantitative estimate of drug-likeness (QED) is 0.512. The molecule has 0 saturated carbocycles. The standard InChI is InChI=1S/C12H18N2O4/c1-4-5-14-11(15)10(2)8-13(12(14)16)9-18-7-6-17-3/h4,8H,1,5-7,9H2,2-3H3. The van der Waals surface area contributed by atoms with Gasteiger partial charge in [0.2, 0.25) is 0 Å². The van der Waals surface area contributed by atoms with E-state index in [4.69, 9.17) is 9.47 Å². The van der Waals surface area contributed by atoms with Crippen molar-refractivity contribution in [3.63, 3.8) is 0 Å². The summed E-state index contributed by atoms with van der Waals surface area (Å²) in [5, 5.41) is 0. The Kier molecular flexibility index (Phi) is 5.54. The zero-order chi connectivity index (χ0) is 13.5. The van der Waals surface area contributed by atoms with Crippen LogP contribution in [0.15, 0.2) is 28.4 Å². The Bertz CT molecular complexity index is 516. The van der Waals surface area contributed by atoms with Gasteiger partial charge in [0, 0.05) is 25.4 Å². The minimum Gasteiger partial charge on any atom is -0.382 e. The van der Waals surface area contributed by atoms with Crippen molar-refractivity contribution in [1.82, 2.24) is 9.13 Å². The highest BCUT2D eigenvalue weighted by Crippen LogP contribution is 1.89. The molecule has 1 heterocycles. The third kappa shape index (κ3) is 3.41. The maximum Gasteiger partial charge on any atom is 0.333 e. The second-order valence-electron chi connectivity index (χ2n) is 3.80. The van der Waals surface area contributed by atoms with E-state index < -0.39 is 5.69 Å². The molecule has 0 fully saturated rings. The van der Waals surface area contributed by atoms with Crippen LogP contribution in [0.5, 0.6) is 0 Å². The van der Waals surface area contributed by atoms with Gasteiger partial charge in [0.25, 0.3) is 5.56 Å². The molecule has 0 aliphatic carbocycles. The number of methoxy groups -OCH3 is 1. The highest BCUT2D eigenvalue weighted by atomic mass is 16.5. The third-order valence-corrected chi connectivity index (χ3v) is 2.38. The van der Waals surface area contributed by atoms with E-state index >= 15 is 0 Å². The summed E-state index contributed by atoms with van der Waals surface area (Å²) in [7, 11) is 1.57. The molecule has 0 amide bonds. The molecular weight excluding hydrogens is 236 g/mol. The second kappa shape index (κ2) is 6.93. The fourth-order valence-corrected chi connectivity index (χ4v) is 1.49. The number of ether oxygens (including phenoxy) is 2. The van der Waals surface area contributed by atoms with Gasteiger partial charge in [-0.2, -0.15) is 0 Å². The number of aryl methyl sites for hydroxylation is 1. The summed E-state index contributed by atoms with van der Waals surface area (Å²) in [6, 6.07) is 0. The first-order chi connectivity index (χ1) is 8.61. The summed E-state index contributed by atoms with van der Waals surface area (Å²) in [6.45, 7) is 6.33. The lowest BCUT2D eigenvalue weighted by molar-refractivity contribution is 0.0314. The van der Waals surface area contributed by atoms with Gasteiger partial charge in [0.1, 0.15) is 6.73 Å². The van der Waals surface area contributed by atoms with Crippen LogP contribution in [0.1, 0.15) is 5.56 Å². The molecule has 100 valence electrons. The molecule has 0 aliphatic heterocycles. The van der Waals surface area contributed by atoms with Crippen molar-refractivity contribution in [2.24, 2.45) is 0 Å². The Morgan fingerprint density at radius 1 is 1.39 bits per heavy atom. The van der Waals surface area contributed by atoms with E-state index in [0.717, 1.165) is 4.57 Å². The molecule has 0 N–H and O–H groups in total. The average Bonchev–Trinajstić information content (AvgIpc) is 2.36. The van der Waals surface area contributed by atoms with Crippen molar-refractivity contribution in [3.8, 4) is 0 Å². The van der Waals surface area contributed by atoms with Crippen LogP contribution >= 0.6 is 0 Å². The summed E-state index contributed by atoms with van der Waals surface area (Å²) in [6.07, 6.45) is 3.01. The van der Waals surface area contributed by atoms with E-state index in [0.29, 0.717) is 18.8 Å². The summed E-state index contributed by atoms with van der Waals surface area (Å²) >= 11 is 0. The molecule has 0 atom stereocenters. The van der Waals surface area contributed by atoms with Crippen LogP contribution in [0.2, 0.25) is 0 Å². The van der Waals surface area contributed by atoms with E-state index in [1.54, 1.807) is 14.0 Å². The molecule has 1 rings (SSSR count). The second-order valence-corrected chi connectivity index (χ2v) is 3.80. The lowest BCUT2D eigenvalue weighted by Gasteiger charge is -2.10. The van der Waals surface area contributed by atoms with Gasteiger partial charge in [-0.15, -0.1) is 6.58 Å². The van der Waals surface area contributed by atoms with Crippen LogP contribution in [0.4, 0.5) is 0 Å². The highest BCUT2D eigenvalue weighted by molar-refractivity contribution is 5.03. The van der Waals surface area contributed by atoms with Gasteiger partial charge in [0.05, 0.1) is 13.2 Å². The molecule has 6 heteroatoms. The van der Waals surface area contributed by atoms with Crippen LogP contribution in [-0.4, -0.2) is 29.5 Å². The minimum absolute atomic E-state index is 0.0977. The first-order valence-electron chi connectivity index (χ1n) is 5.60. The van der Waals surface area contributed by atoms with Gasteiger partial charge in [0.15, 0.2) is 0 Å². The van der Waals surface area contributed by atoms with Gasteiger partial charge in [-0.25, -0.2) is 4.79 Å². The molecule has 1 aromatic rings. The Balaban J connectivity index is 2.95. The van der Waals surface area contributed by atoms with Crippen molar-refractivity contribution in [1.29, 1.82) is 0 Å². The van der Waals surface area contributed by atoms with E-state index in [-0.39, 0.29) is 18.8 Å². The van der Waals surface area contributed by atoms with Gasteiger partial charge in [-0.1, -0.05) is 6.08 Å². The van der Waals surface area contributed by atoms with Crippen LogP contribution < -0.4 is 11.2 Å². The fourth-order valence-electron chi connectivity index (χ4n) is 1.49. The molecular formula is C12H18N2O4. The number of allylic oxidation sites excluding steroid dienone is 1. The van der Waals surface area contributed by atoms with E-state index in [1.807, 2.05) is 0 Å². The molecule has 6 nitrogen and oxygen atoms in total. The monoisotopic (exact) mass is 254 g/mol. The summed E-state index contributed by atoms with van der Waals surface area (Å²) < 4.78 is 12.6.